The number of hydrogen-bond acceptors (Lipinski definition) is 3. The lowest BCUT2D eigenvalue weighted by Crippen LogP contribution is -2.39. The molecule has 0 saturated carbocycles. The fourth-order valence-corrected chi connectivity index (χ4v) is 2.46. The van der Waals surface area contributed by atoms with Gasteiger partial charge in [0.25, 0.3) is 0 Å². The Hall–Kier alpha value is -1.77. The van der Waals surface area contributed by atoms with Gasteiger partial charge in [0, 0.05) is 46.0 Å². The number of rotatable bonds is 7. The van der Waals surface area contributed by atoms with Gasteiger partial charge in [-0.1, -0.05) is 18.2 Å². The number of guanidine groups is 1. The van der Waals surface area contributed by atoms with Gasteiger partial charge >= 0.3 is 0 Å². The van der Waals surface area contributed by atoms with Gasteiger partial charge in [-0.15, -0.1) is 24.0 Å². The van der Waals surface area contributed by atoms with Crippen LogP contribution in [0.25, 0.3) is 0 Å². The second-order valence-corrected chi connectivity index (χ2v) is 5.82. The summed E-state index contributed by atoms with van der Waals surface area (Å²) in [5.41, 5.74) is 2.32. The van der Waals surface area contributed by atoms with Gasteiger partial charge in [0.2, 0.25) is 0 Å². The number of aryl methyl sites for hydroxylation is 2. The van der Waals surface area contributed by atoms with Gasteiger partial charge in [0.1, 0.15) is 5.75 Å². The third-order valence-corrected chi connectivity index (χ3v) is 3.71. The molecule has 0 radical (unpaired) electrons. The van der Waals surface area contributed by atoms with Crippen molar-refractivity contribution >= 4 is 29.9 Å². The summed E-state index contributed by atoms with van der Waals surface area (Å²) in [4.78, 5) is 6.41. The summed E-state index contributed by atoms with van der Waals surface area (Å²) < 4.78 is 7.61. The molecule has 0 aliphatic heterocycles. The van der Waals surface area contributed by atoms with Gasteiger partial charge in [-0.2, -0.15) is 5.10 Å². The van der Waals surface area contributed by atoms with Gasteiger partial charge < -0.3 is 15.0 Å². The third kappa shape index (κ3) is 6.93. The predicted octanol–water partition coefficient (Wildman–Crippen LogP) is 2.82. The third-order valence-electron chi connectivity index (χ3n) is 3.71. The lowest BCUT2D eigenvalue weighted by Gasteiger charge is -2.21. The first-order chi connectivity index (χ1) is 11.6. The van der Waals surface area contributed by atoms with Crippen LogP contribution >= 0.6 is 24.0 Å². The molecule has 6 nitrogen and oxygen atoms in total. The van der Waals surface area contributed by atoms with Crippen LogP contribution in [-0.4, -0.2) is 47.9 Å². The fraction of sp³-hybridized carbons (Fsp3) is 0.444. The Kier molecular flexibility index (Phi) is 9.33. The van der Waals surface area contributed by atoms with E-state index in [0.29, 0.717) is 6.61 Å². The largest absolute Gasteiger partial charge is 0.493 e. The second-order valence-electron chi connectivity index (χ2n) is 5.82. The van der Waals surface area contributed by atoms with Crippen LogP contribution in [0, 0.1) is 6.92 Å². The van der Waals surface area contributed by atoms with Gasteiger partial charge in [0.15, 0.2) is 5.96 Å². The topological polar surface area (TPSA) is 54.7 Å². The van der Waals surface area contributed by atoms with Crippen molar-refractivity contribution in [2.75, 3.05) is 27.2 Å². The molecule has 0 spiro atoms. The summed E-state index contributed by atoms with van der Waals surface area (Å²) in [6.07, 6.45) is 4.80. The maximum atomic E-state index is 5.81. The highest BCUT2D eigenvalue weighted by molar-refractivity contribution is 14.0. The van der Waals surface area contributed by atoms with E-state index >= 15 is 0 Å². The zero-order chi connectivity index (χ0) is 17.4. The number of nitrogens with one attached hydrogen (secondary N) is 1. The molecule has 0 aliphatic rings. The van der Waals surface area contributed by atoms with Crippen LogP contribution in [0.3, 0.4) is 0 Å². The van der Waals surface area contributed by atoms with E-state index in [1.54, 1.807) is 7.05 Å². The van der Waals surface area contributed by atoms with Gasteiger partial charge in [-0.3, -0.25) is 9.67 Å². The highest BCUT2D eigenvalue weighted by atomic mass is 127. The molecular weight excluding hydrogens is 429 g/mol. The van der Waals surface area contributed by atoms with E-state index in [1.165, 1.54) is 0 Å². The van der Waals surface area contributed by atoms with E-state index in [9.17, 15) is 0 Å². The van der Waals surface area contributed by atoms with E-state index < -0.39 is 0 Å². The van der Waals surface area contributed by atoms with Crippen molar-refractivity contribution in [1.29, 1.82) is 0 Å². The zero-order valence-corrected chi connectivity index (χ0v) is 17.7. The van der Waals surface area contributed by atoms with Crippen molar-refractivity contribution in [2.45, 2.75) is 19.9 Å². The number of ether oxygens (including phenoxy) is 1. The van der Waals surface area contributed by atoms with Crippen LogP contribution < -0.4 is 10.1 Å². The number of aliphatic imine (C=N–C) groups is 1. The maximum absolute atomic E-state index is 5.81. The summed E-state index contributed by atoms with van der Waals surface area (Å²) in [6, 6.07) is 8.08. The molecule has 0 bridgehead atoms. The van der Waals surface area contributed by atoms with Crippen LogP contribution in [0.4, 0.5) is 0 Å². The fourth-order valence-electron chi connectivity index (χ4n) is 2.46. The Labute approximate surface area is 167 Å². The molecule has 0 fully saturated rings. The van der Waals surface area contributed by atoms with Crippen molar-refractivity contribution in [1.82, 2.24) is 20.0 Å². The average molecular weight is 457 g/mol. The van der Waals surface area contributed by atoms with Crippen molar-refractivity contribution in [3.05, 3.63) is 47.8 Å². The van der Waals surface area contributed by atoms with Crippen molar-refractivity contribution < 1.29 is 4.74 Å². The first-order valence-corrected chi connectivity index (χ1v) is 8.18. The first-order valence-electron chi connectivity index (χ1n) is 8.18. The minimum Gasteiger partial charge on any atom is -0.493 e. The molecular formula is C18H28IN5O. The average Bonchev–Trinajstić information content (AvgIpc) is 2.97. The molecule has 0 saturated heterocycles. The molecule has 2 aromatic rings. The smallest absolute Gasteiger partial charge is 0.193 e. The molecule has 0 aliphatic carbocycles. The number of benzene rings is 1. The number of halogens is 1. The Morgan fingerprint density at radius 1 is 1.36 bits per heavy atom. The number of hydrogen-bond donors (Lipinski definition) is 1. The molecule has 1 aromatic carbocycles. The highest BCUT2D eigenvalue weighted by Crippen LogP contribution is 2.15. The monoisotopic (exact) mass is 457 g/mol. The van der Waals surface area contributed by atoms with E-state index in [-0.39, 0.29) is 24.0 Å². The molecule has 7 heteroatoms. The predicted molar refractivity (Wildman–Crippen MR) is 113 cm³/mol. The normalized spacial score (nSPS) is 11.0. The van der Waals surface area contributed by atoms with E-state index in [2.05, 4.69) is 33.3 Å². The summed E-state index contributed by atoms with van der Waals surface area (Å²) in [5.74, 6) is 1.82. The Balaban J connectivity index is 0.00000312. The molecule has 2 rings (SSSR count). The molecule has 1 aromatic heterocycles. The first kappa shape index (κ1) is 21.3. The molecule has 25 heavy (non-hydrogen) atoms. The molecule has 1 N–H and O–H groups in total. The van der Waals surface area contributed by atoms with Crippen LogP contribution in [-0.2, 0) is 13.6 Å². The van der Waals surface area contributed by atoms with Crippen LogP contribution in [0.1, 0.15) is 17.5 Å². The minimum atomic E-state index is 0. The lowest BCUT2D eigenvalue weighted by atomic mass is 10.2. The minimum absolute atomic E-state index is 0. The zero-order valence-electron chi connectivity index (χ0n) is 15.4. The van der Waals surface area contributed by atoms with Crippen molar-refractivity contribution in [2.24, 2.45) is 12.0 Å². The van der Waals surface area contributed by atoms with Crippen LogP contribution in [0.15, 0.2) is 41.7 Å². The van der Waals surface area contributed by atoms with E-state index in [0.717, 1.165) is 42.3 Å². The second kappa shape index (κ2) is 11.0. The molecule has 0 unspecified atom stereocenters. The standard InChI is InChI=1S/C18H27N5O.HI/c1-15-8-5-6-9-17(15)24-11-7-10-20-18(19-2)22(3)13-16-12-21-23(4)14-16;/h5-6,8-9,12,14H,7,10-11,13H2,1-4H3,(H,19,20);1H. The van der Waals surface area contributed by atoms with Crippen molar-refractivity contribution in [3.8, 4) is 5.75 Å². The highest BCUT2D eigenvalue weighted by Gasteiger charge is 2.07. The Morgan fingerprint density at radius 2 is 2.12 bits per heavy atom. The van der Waals surface area contributed by atoms with E-state index in [1.807, 2.05) is 49.4 Å². The maximum Gasteiger partial charge on any atom is 0.193 e. The van der Waals surface area contributed by atoms with Gasteiger partial charge in [-0.25, -0.2) is 0 Å². The summed E-state index contributed by atoms with van der Waals surface area (Å²) >= 11 is 0. The Bertz CT molecular complexity index is 671. The number of nitrogens with zero attached hydrogens (tertiary/aromatic N) is 4. The van der Waals surface area contributed by atoms with Crippen LogP contribution in [0.2, 0.25) is 0 Å². The van der Waals surface area contributed by atoms with Crippen LogP contribution in [0.5, 0.6) is 5.75 Å². The van der Waals surface area contributed by atoms with Crippen molar-refractivity contribution in [3.63, 3.8) is 0 Å². The lowest BCUT2D eigenvalue weighted by molar-refractivity contribution is 0.308. The number of para-hydroxylation sites is 1. The van der Waals surface area contributed by atoms with Gasteiger partial charge in [0.05, 0.1) is 12.8 Å². The number of aromatic nitrogens is 2. The quantitative estimate of drug-likeness (QED) is 0.301. The molecule has 1 heterocycles. The molecule has 138 valence electrons. The summed E-state index contributed by atoms with van der Waals surface area (Å²) in [5, 5.41) is 7.56. The Morgan fingerprint density at radius 3 is 2.76 bits per heavy atom. The summed E-state index contributed by atoms with van der Waals surface area (Å²) in [7, 11) is 5.74. The van der Waals surface area contributed by atoms with E-state index in [4.69, 9.17) is 4.74 Å². The summed E-state index contributed by atoms with van der Waals surface area (Å²) in [6.45, 7) is 4.33. The van der Waals surface area contributed by atoms with Gasteiger partial charge in [-0.05, 0) is 25.0 Å². The molecule has 0 amide bonds. The molecule has 0 atom stereocenters. The SMILES string of the molecule is CN=C(NCCCOc1ccccc1C)N(C)Cc1cnn(C)c1.I.